The number of hydrogen-bond donors (Lipinski definition) is 2. The van der Waals surface area contributed by atoms with E-state index in [9.17, 15) is 9.59 Å². The van der Waals surface area contributed by atoms with Crippen LogP contribution in [0.2, 0.25) is 0 Å². The molecule has 0 spiro atoms. The summed E-state index contributed by atoms with van der Waals surface area (Å²) < 4.78 is 4.92. The Labute approximate surface area is 106 Å². The van der Waals surface area contributed by atoms with Gasteiger partial charge in [0.05, 0.1) is 18.3 Å². The van der Waals surface area contributed by atoms with E-state index in [1.165, 1.54) is 12.3 Å². The topological polar surface area (TPSA) is 94.3 Å². The molecule has 1 aromatic heterocycles. The molecule has 0 atom stereocenters. The van der Waals surface area contributed by atoms with Crippen LogP contribution >= 0.6 is 0 Å². The Hall–Kier alpha value is -2.11. The quantitative estimate of drug-likeness (QED) is 0.752. The van der Waals surface area contributed by atoms with Crippen molar-refractivity contribution >= 4 is 17.6 Å². The van der Waals surface area contributed by atoms with Crippen molar-refractivity contribution in [2.24, 2.45) is 0 Å². The largest absolute Gasteiger partial charge is 0.460 e. The third-order valence-electron chi connectivity index (χ3n) is 2.01. The maximum Gasteiger partial charge on any atom is 0.356 e. The fourth-order valence-electron chi connectivity index (χ4n) is 1.23. The average Bonchev–Trinajstić information content (AvgIpc) is 2.28. The van der Waals surface area contributed by atoms with Crippen molar-refractivity contribution in [2.45, 2.75) is 26.3 Å². The standard InChI is InChI=1S/C12H17N3O3/c1-8(2)15-11(16)5-6-18-12(17)10-4-3-9(13)7-14-10/h3-4,7-8H,5-6,13H2,1-2H3,(H,15,16). The maximum absolute atomic E-state index is 11.5. The van der Waals surface area contributed by atoms with E-state index in [1.54, 1.807) is 6.07 Å². The lowest BCUT2D eigenvalue weighted by atomic mass is 10.3. The van der Waals surface area contributed by atoms with Gasteiger partial charge in [0.15, 0.2) is 0 Å². The zero-order valence-corrected chi connectivity index (χ0v) is 10.5. The summed E-state index contributed by atoms with van der Waals surface area (Å²) in [6.07, 6.45) is 1.51. The molecule has 0 aliphatic carbocycles. The van der Waals surface area contributed by atoms with Crippen LogP contribution < -0.4 is 11.1 Å². The lowest BCUT2D eigenvalue weighted by Crippen LogP contribution is -2.31. The predicted molar refractivity (Wildman–Crippen MR) is 66.8 cm³/mol. The van der Waals surface area contributed by atoms with Crippen molar-refractivity contribution in [1.29, 1.82) is 0 Å². The van der Waals surface area contributed by atoms with Gasteiger partial charge in [-0.25, -0.2) is 9.78 Å². The van der Waals surface area contributed by atoms with Crippen LogP contribution in [0.25, 0.3) is 0 Å². The summed E-state index contributed by atoms with van der Waals surface area (Å²) in [7, 11) is 0. The predicted octanol–water partition coefficient (Wildman–Crippen LogP) is 0.735. The molecule has 0 unspecified atom stereocenters. The van der Waals surface area contributed by atoms with E-state index in [-0.39, 0.29) is 30.7 Å². The van der Waals surface area contributed by atoms with Crippen LogP contribution in [0.4, 0.5) is 5.69 Å². The lowest BCUT2D eigenvalue weighted by Gasteiger charge is -2.08. The Morgan fingerprint density at radius 1 is 1.44 bits per heavy atom. The number of nitrogen functional groups attached to an aromatic ring is 1. The zero-order valence-electron chi connectivity index (χ0n) is 10.5. The second kappa shape index (κ2) is 6.58. The molecule has 98 valence electrons. The first-order chi connectivity index (χ1) is 8.49. The molecule has 1 heterocycles. The molecule has 0 fully saturated rings. The van der Waals surface area contributed by atoms with Gasteiger partial charge in [-0.15, -0.1) is 0 Å². The van der Waals surface area contributed by atoms with Crippen LogP contribution in [0.1, 0.15) is 30.8 Å². The number of pyridine rings is 1. The van der Waals surface area contributed by atoms with Gasteiger partial charge < -0.3 is 15.8 Å². The Kier molecular flexibility index (Phi) is 5.10. The minimum atomic E-state index is -0.563. The molecule has 3 N–H and O–H groups in total. The molecule has 6 heteroatoms. The number of rotatable bonds is 5. The minimum Gasteiger partial charge on any atom is -0.460 e. The molecule has 0 saturated carbocycles. The van der Waals surface area contributed by atoms with Gasteiger partial charge in [0, 0.05) is 6.04 Å². The van der Waals surface area contributed by atoms with Crippen LogP contribution in [0.5, 0.6) is 0 Å². The highest BCUT2D eigenvalue weighted by Crippen LogP contribution is 2.03. The summed E-state index contributed by atoms with van der Waals surface area (Å²) in [5.74, 6) is -0.713. The summed E-state index contributed by atoms with van der Waals surface area (Å²) in [6, 6.07) is 3.12. The van der Waals surface area contributed by atoms with E-state index in [2.05, 4.69) is 10.3 Å². The molecule has 0 aliphatic heterocycles. The first kappa shape index (κ1) is 14.0. The molecule has 0 bridgehead atoms. The molecule has 0 saturated heterocycles. The van der Waals surface area contributed by atoms with Crippen molar-refractivity contribution in [1.82, 2.24) is 10.3 Å². The van der Waals surface area contributed by atoms with E-state index in [0.29, 0.717) is 5.69 Å². The minimum absolute atomic E-state index is 0.0312. The van der Waals surface area contributed by atoms with Gasteiger partial charge in [0.1, 0.15) is 12.3 Å². The van der Waals surface area contributed by atoms with Crippen molar-refractivity contribution in [3.63, 3.8) is 0 Å². The SMILES string of the molecule is CC(C)NC(=O)CCOC(=O)c1ccc(N)cn1. The summed E-state index contributed by atoms with van der Waals surface area (Å²) in [6.45, 7) is 3.76. The lowest BCUT2D eigenvalue weighted by molar-refractivity contribution is -0.122. The van der Waals surface area contributed by atoms with Gasteiger partial charge in [0.25, 0.3) is 0 Å². The summed E-state index contributed by atoms with van der Waals surface area (Å²) in [5, 5.41) is 2.70. The first-order valence-corrected chi connectivity index (χ1v) is 5.67. The summed E-state index contributed by atoms with van der Waals surface area (Å²) >= 11 is 0. The maximum atomic E-state index is 11.5. The van der Waals surface area contributed by atoms with Gasteiger partial charge in [-0.1, -0.05) is 0 Å². The molecule has 1 amide bonds. The number of carbonyl (C=O) groups is 2. The van der Waals surface area contributed by atoms with E-state index >= 15 is 0 Å². The van der Waals surface area contributed by atoms with E-state index in [4.69, 9.17) is 10.5 Å². The normalized spacial score (nSPS) is 10.2. The highest BCUT2D eigenvalue weighted by Gasteiger charge is 2.10. The molecule has 0 aliphatic rings. The van der Waals surface area contributed by atoms with Crippen LogP contribution in [0, 0.1) is 0 Å². The summed E-state index contributed by atoms with van der Waals surface area (Å²) in [4.78, 5) is 26.6. The molecule has 1 rings (SSSR count). The van der Waals surface area contributed by atoms with Gasteiger partial charge in [-0.3, -0.25) is 4.79 Å². The van der Waals surface area contributed by atoms with E-state index in [0.717, 1.165) is 0 Å². The number of nitrogens with zero attached hydrogens (tertiary/aromatic N) is 1. The molecule has 0 aromatic carbocycles. The highest BCUT2D eigenvalue weighted by molar-refractivity contribution is 5.87. The van der Waals surface area contributed by atoms with Crippen LogP contribution in [0.3, 0.4) is 0 Å². The van der Waals surface area contributed by atoms with Crippen LogP contribution in [-0.2, 0) is 9.53 Å². The average molecular weight is 251 g/mol. The van der Waals surface area contributed by atoms with Crippen molar-refractivity contribution < 1.29 is 14.3 Å². The molecular formula is C12H17N3O3. The number of nitrogens with one attached hydrogen (secondary N) is 1. The Morgan fingerprint density at radius 3 is 2.72 bits per heavy atom. The second-order valence-electron chi connectivity index (χ2n) is 4.08. The number of carbonyl (C=O) groups excluding carboxylic acids is 2. The first-order valence-electron chi connectivity index (χ1n) is 5.67. The molecule has 0 radical (unpaired) electrons. The number of esters is 1. The molecular weight excluding hydrogens is 234 g/mol. The zero-order chi connectivity index (χ0) is 13.5. The van der Waals surface area contributed by atoms with Crippen LogP contribution in [0.15, 0.2) is 18.3 Å². The van der Waals surface area contributed by atoms with Gasteiger partial charge >= 0.3 is 5.97 Å². The smallest absolute Gasteiger partial charge is 0.356 e. The molecule has 1 aromatic rings. The number of anilines is 1. The monoisotopic (exact) mass is 251 g/mol. The number of amides is 1. The third kappa shape index (κ3) is 4.82. The van der Waals surface area contributed by atoms with Gasteiger partial charge in [-0.05, 0) is 26.0 Å². The Morgan fingerprint density at radius 2 is 2.17 bits per heavy atom. The van der Waals surface area contributed by atoms with Crippen molar-refractivity contribution in [3.8, 4) is 0 Å². The Bertz CT molecular complexity index is 415. The third-order valence-corrected chi connectivity index (χ3v) is 2.01. The fourth-order valence-corrected chi connectivity index (χ4v) is 1.23. The fraction of sp³-hybridized carbons (Fsp3) is 0.417. The van der Waals surface area contributed by atoms with Gasteiger partial charge in [0.2, 0.25) is 5.91 Å². The summed E-state index contributed by atoms with van der Waals surface area (Å²) in [5.41, 5.74) is 6.09. The molecule has 6 nitrogen and oxygen atoms in total. The van der Waals surface area contributed by atoms with Crippen LogP contribution in [-0.4, -0.2) is 29.5 Å². The number of ether oxygens (including phenoxy) is 1. The van der Waals surface area contributed by atoms with Crippen molar-refractivity contribution in [2.75, 3.05) is 12.3 Å². The molecule has 18 heavy (non-hydrogen) atoms. The number of aromatic nitrogens is 1. The van der Waals surface area contributed by atoms with Gasteiger partial charge in [-0.2, -0.15) is 0 Å². The highest BCUT2D eigenvalue weighted by atomic mass is 16.5. The number of hydrogen-bond acceptors (Lipinski definition) is 5. The number of nitrogens with two attached hydrogens (primary N) is 1. The van der Waals surface area contributed by atoms with E-state index in [1.807, 2.05) is 13.8 Å². The Balaban J connectivity index is 2.33. The van der Waals surface area contributed by atoms with Crippen molar-refractivity contribution in [3.05, 3.63) is 24.0 Å². The van der Waals surface area contributed by atoms with E-state index < -0.39 is 5.97 Å². The second-order valence-corrected chi connectivity index (χ2v) is 4.08.